The summed E-state index contributed by atoms with van der Waals surface area (Å²) < 4.78 is 25.4. The van der Waals surface area contributed by atoms with E-state index in [4.69, 9.17) is 5.11 Å². The summed E-state index contributed by atoms with van der Waals surface area (Å²) in [4.78, 5) is 14.8. The Morgan fingerprint density at radius 1 is 1.50 bits per heavy atom. The smallest absolute Gasteiger partial charge is 0.321 e. The highest BCUT2D eigenvalue weighted by atomic mass is 32.2. The van der Waals surface area contributed by atoms with Crippen LogP contribution in [0.4, 0.5) is 0 Å². The van der Waals surface area contributed by atoms with Crippen LogP contribution in [-0.2, 0) is 20.4 Å². The van der Waals surface area contributed by atoms with Gasteiger partial charge in [-0.25, -0.2) is 18.1 Å². The molecule has 1 aromatic rings. The first-order valence-corrected chi connectivity index (χ1v) is 7.33. The topological polar surface area (TPSA) is 102 Å². The molecule has 1 heterocycles. The number of aliphatic carboxylic acids is 1. The first-order chi connectivity index (χ1) is 8.29. The zero-order valence-electron chi connectivity index (χ0n) is 10.6. The molecule has 0 aliphatic heterocycles. The summed E-state index contributed by atoms with van der Waals surface area (Å²) >= 11 is 0. The fourth-order valence-corrected chi connectivity index (χ4v) is 3.25. The minimum absolute atomic E-state index is 0.0254. The zero-order chi connectivity index (χ0) is 13.9. The molecule has 7 nitrogen and oxygen atoms in total. The van der Waals surface area contributed by atoms with Gasteiger partial charge < -0.3 is 5.11 Å². The van der Waals surface area contributed by atoms with Crippen molar-refractivity contribution in [2.24, 2.45) is 0 Å². The van der Waals surface area contributed by atoms with Gasteiger partial charge in [-0.2, -0.15) is 5.10 Å². The van der Waals surface area contributed by atoms with Gasteiger partial charge in [-0.15, -0.1) is 0 Å². The highest BCUT2D eigenvalue weighted by molar-refractivity contribution is 7.92. The van der Waals surface area contributed by atoms with Crippen LogP contribution < -0.4 is 0 Å². The van der Waals surface area contributed by atoms with E-state index in [1.807, 2.05) is 13.8 Å². The third-order valence-corrected chi connectivity index (χ3v) is 4.61. The molecule has 0 saturated carbocycles. The van der Waals surface area contributed by atoms with E-state index >= 15 is 0 Å². The van der Waals surface area contributed by atoms with E-state index in [0.717, 1.165) is 0 Å². The van der Waals surface area contributed by atoms with Crippen molar-refractivity contribution in [1.82, 2.24) is 14.8 Å². The van der Waals surface area contributed by atoms with Crippen molar-refractivity contribution in [3.8, 4) is 0 Å². The summed E-state index contributed by atoms with van der Waals surface area (Å²) in [6.07, 6.45) is 1.31. The van der Waals surface area contributed by atoms with Crippen LogP contribution in [-0.4, -0.2) is 39.5 Å². The highest BCUT2D eigenvalue weighted by Gasteiger charge is 2.32. The van der Waals surface area contributed by atoms with Crippen LogP contribution >= 0.6 is 0 Å². The highest BCUT2D eigenvalue weighted by Crippen LogP contribution is 2.15. The molecule has 0 aliphatic rings. The Morgan fingerprint density at radius 3 is 2.56 bits per heavy atom. The lowest BCUT2D eigenvalue weighted by Crippen LogP contribution is -2.31. The summed E-state index contributed by atoms with van der Waals surface area (Å²) in [6, 6.07) is -0.0254. The second-order valence-corrected chi connectivity index (χ2v) is 6.44. The molecule has 1 aromatic heterocycles. The fourth-order valence-electron chi connectivity index (χ4n) is 1.67. The summed E-state index contributed by atoms with van der Waals surface area (Å²) in [6.45, 7) is 5.22. The Labute approximate surface area is 106 Å². The molecular formula is C10H17N3O4S. The minimum Gasteiger partial charge on any atom is -0.480 e. The van der Waals surface area contributed by atoms with Crippen LogP contribution in [0.2, 0.25) is 0 Å². The molecule has 1 unspecified atom stereocenters. The molecule has 1 atom stereocenters. The summed E-state index contributed by atoms with van der Waals surface area (Å²) in [5.74, 6) is -1.46. The molecule has 0 radical (unpaired) electrons. The molecule has 0 fully saturated rings. The molecule has 0 aromatic carbocycles. The van der Waals surface area contributed by atoms with Crippen LogP contribution in [0.1, 0.15) is 39.1 Å². The molecule has 0 saturated heterocycles. The number of carboxylic acid groups (broad SMARTS) is 1. The van der Waals surface area contributed by atoms with E-state index in [1.54, 1.807) is 0 Å². The third-order valence-electron chi connectivity index (χ3n) is 2.55. The predicted octanol–water partition coefficient (Wildman–Crippen LogP) is 0.637. The molecular weight excluding hydrogens is 258 g/mol. The Hall–Kier alpha value is -1.44. The van der Waals surface area contributed by atoms with Crippen molar-refractivity contribution in [2.75, 3.05) is 0 Å². The Bertz CT molecular complexity index is 521. The van der Waals surface area contributed by atoms with Crippen molar-refractivity contribution in [3.63, 3.8) is 0 Å². The maximum Gasteiger partial charge on any atom is 0.321 e. The van der Waals surface area contributed by atoms with Crippen molar-refractivity contribution < 1.29 is 18.3 Å². The van der Waals surface area contributed by atoms with Gasteiger partial charge in [0.25, 0.3) is 0 Å². The second kappa shape index (κ2) is 5.47. The molecule has 0 spiro atoms. The summed E-state index contributed by atoms with van der Waals surface area (Å²) in [5, 5.41) is 11.4. The van der Waals surface area contributed by atoms with Gasteiger partial charge in [-0.05, 0) is 20.3 Å². The molecule has 0 bridgehead atoms. The number of rotatable bonds is 6. The quantitative estimate of drug-likeness (QED) is 0.817. The van der Waals surface area contributed by atoms with Gasteiger partial charge in [0.05, 0.1) is 0 Å². The SMILES string of the molecule is CCC(C(=O)O)S(=O)(=O)Cc1ncnn1C(C)C. The van der Waals surface area contributed by atoms with Crippen LogP contribution in [0.25, 0.3) is 0 Å². The van der Waals surface area contributed by atoms with Gasteiger partial charge in [-0.1, -0.05) is 6.92 Å². The van der Waals surface area contributed by atoms with E-state index in [-0.39, 0.29) is 18.3 Å². The number of sulfone groups is 1. The molecule has 102 valence electrons. The van der Waals surface area contributed by atoms with Crippen molar-refractivity contribution in [3.05, 3.63) is 12.2 Å². The van der Waals surface area contributed by atoms with Gasteiger partial charge in [0.2, 0.25) is 0 Å². The van der Waals surface area contributed by atoms with Crippen LogP contribution in [0.3, 0.4) is 0 Å². The van der Waals surface area contributed by atoms with Crippen LogP contribution in [0.5, 0.6) is 0 Å². The van der Waals surface area contributed by atoms with E-state index in [9.17, 15) is 13.2 Å². The van der Waals surface area contributed by atoms with Gasteiger partial charge >= 0.3 is 5.97 Å². The molecule has 1 rings (SSSR count). The number of hydrogen-bond donors (Lipinski definition) is 1. The number of hydrogen-bond acceptors (Lipinski definition) is 5. The lowest BCUT2D eigenvalue weighted by molar-refractivity contribution is -0.136. The van der Waals surface area contributed by atoms with Crippen molar-refractivity contribution >= 4 is 15.8 Å². The van der Waals surface area contributed by atoms with Crippen molar-refractivity contribution in [1.29, 1.82) is 0 Å². The fraction of sp³-hybridized carbons (Fsp3) is 0.700. The molecule has 1 N–H and O–H groups in total. The van der Waals surface area contributed by atoms with E-state index in [0.29, 0.717) is 0 Å². The van der Waals surface area contributed by atoms with Crippen LogP contribution in [0.15, 0.2) is 6.33 Å². The van der Waals surface area contributed by atoms with Gasteiger partial charge in [0.15, 0.2) is 15.1 Å². The predicted molar refractivity (Wildman–Crippen MR) is 64.7 cm³/mol. The standard InChI is InChI=1S/C10H17N3O4S/c1-4-8(10(14)15)18(16,17)5-9-11-6-12-13(9)7(2)3/h6-8H,4-5H2,1-3H3,(H,14,15). The number of carboxylic acids is 1. The first kappa shape index (κ1) is 14.6. The monoisotopic (exact) mass is 275 g/mol. The lowest BCUT2D eigenvalue weighted by Gasteiger charge is -2.13. The maximum absolute atomic E-state index is 12.0. The van der Waals surface area contributed by atoms with Crippen molar-refractivity contribution in [2.45, 2.75) is 44.2 Å². The average molecular weight is 275 g/mol. The molecule has 18 heavy (non-hydrogen) atoms. The number of nitrogens with zero attached hydrogens (tertiary/aromatic N) is 3. The minimum atomic E-state index is -3.77. The normalized spacial score (nSPS) is 13.8. The first-order valence-electron chi connectivity index (χ1n) is 5.62. The average Bonchev–Trinajstić information content (AvgIpc) is 2.64. The largest absolute Gasteiger partial charge is 0.480 e. The Morgan fingerprint density at radius 2 is 2.11 bits per heavy atom. The van der Waals surface area contributed by atoms with E-state index < -0.39 is 26.8 Å². The van der Waals surface area contributed by atoms with Gasteiger partial charge in [0, 0.05) is 6.04 Å². The molecule has 0 aliphatic carbocycles. The number of carbonyl (C=O) groups is 1. The van der Waals surface area contributed by atoms with E-state index in [2.05, 4.69) is 10.1 Å². The van der Waals surface area contributed by atoms with Gasteiger partial charge in [0.1, 0.15) is 17.9 Å². The molecule has 8 heteroatoms. The van der Waals surface area contributed by atoms with Gasteiger partial charge in [-0.3, -0.25) is 4.79 Å². The maximum atomic E-state index is 12.0. The lowest BCUT2D eigenvalue weighted by atomic mass is 10.3. The van der Waals surface area contributed by atoms with Crippen LogP contribution in [0, 0.1) is 0 Å². The summed E-state index contributed by atoms with van der Waals surface area (Å²) in [5.41, 5.74) is 0. The molecule has 0 amide bonds. The van der Waals surface area contributed by atoms with E-state index in [1.165, 1.54) is 17.9 Å². The third kappa shape index (κ3) is 3.06. The Kier molecular flexibility index (Phi) is 4.44. The zero-order valence-corrected chi connectivity index (χ0v) is 11.4. The second-order valence-electron chi connectivity index (χ2n) is 4.26. The summed E-state index contributed by atoms with van der Waals surface area (Å²) in [7, 11) is -3.77. The number of aromatic nitrogens is 3. The Balaban J connectivity index is 3.02.